The molecule has 0 saturated carbocycles. The van der Waals surface area contributed by atoms with Gasteiger partial charge in [-0.1, -0.05) is 30.3 Å². The van der Waals surface area contributed by atoms with E-state index in [1.807, 2.05) is 0 Å². The maximum atomic E-state index is 14.3. The van der Waals surface area contributed by atoms with Crippen molar-refractivity contribution >= 4 is 28.9 Å². The van der Waals surface area contributed by atoms with Crippen LogP contribution in [0.15, 0.2) is 60.7 Å². The van der Waals surface area contributed by atoms with E-state index in [0.717, 1.165) is 26.0 Å². The minimum atomic E-state index is -6.27. The molecule has 3 aromatic rings. The fourth-order valence-corrected chi connectivity index (χ4v) is 3.64. The molecule has 0 spiro atoms. The van der Waals surface area contributed by atoms with Gasteiger partial charge in [-0.25, -0.2) is 4.39 Å². The van der Waals surface area contributed by atoms with Gasteiger partial charge < -0.3 is 11.1 Å². The number of non-ortho nitro benzene ring substituents is 1. The average Bonchev–Trinajstić information content (AvgIpc) is 2.89. The van der Waals surface area contributed by atoms with Gasteiger partial charge in [0.25, 0.3) is 23.2 Å². The molecule has 0 unspecified atom stereocenters. The number of anilines is 1. The molecule has 0 saturated heterocycles. The largest absolute Gasteiger partial charge is 0.435 e. The van der Waals surface area contributed by atoms with Gasteiger partial charge >= 0.3 is 18.0 Å². The Morgan fingerprint density at radius 2 is 1.31 bits per heavy atom. The van der Waals surface area contributed by atoms with E-state index >= 15 is 0 Å². The van der Waals surface area contributed by atoms with Crippen LogP contribution in [0.5, 0.6) is 0 Å². The van der Waals surface area contributed by atoms with Crippen LogP contribution in [0.25, 0.3) is 0 Å². The molecule has 0 aliphatic carbocycles. The number of carbonyl (C=O) groups is 2. The Morgan fingerprint density at radius 1 is 0.786 bits per heavy atom. The van der Waals surface area contributed by atoms with Crippen LogP contribution < -0.4 is 11.1 Å². The average molecular weight is 604 g/mol. The topological polar surface area (TPSA) is 158 Å². The molecule has 17 heteroatoms. The second kappa shape index (κ2) is 12.2. The maximum absolute atomic E-state index is 14.3. The molecule has 3 N–H and O–H groups in total. The summed E-state index contributed by atoms with van der Waals surface area (Å²) in [5.41, 5.74) is -3.94. The van der Waals surface area contributed by atoms with Crippen LogP contribution in [0.4, 0.5) is 47.8 Å². The monoisotopic (exact) mass is 604 g/mol. The number of rotatable bonds is 6. The van der Waals surface area contributed by atoms with Crippen molar-refractivity contribution in [2.24, 2.45) is 5.73 Å². The molecule has 0 aliphatic rings. The van der Waals surface area contributed by atoms with Gasteiger partial charge in [-0.2, -0.15) is 26.3 Å². The van der Waals surface area contributed by atoms with Gasteiger partial charge in [0, 0.05) is 35.0 Å². The van der Waals surface area contributed by atoms with Gasteiger partial charge in [-0.3, -0.25) is 29.8 Å². The normalized spacial score (nSPS) is 11.6. The standard InChI is InChI=1S/C18H13F7N2O3.C7H6N2O3/c1-9-6-12(16(19,17(20,21)22)18(23,24)25)7-10(2)14(9)26-15(28)11-4-3-5-13(8-11)27(29)30;8-7(10)5-3-1-2-4-6(5)9(11)12/h3-8H,1-2H3,(H,26,28);1-4H,(H2,8,10). The van der Waals surface area contributed by atoms with Gasteiger partial charge in [0.2, 0.25) is 0 Å². The number of primary amides is 1. The molecule has 224 valence electrons. The fourth-order valence-electron chi connectivity index (χ4n) is 3.64. The van der Waals surface area contributed by atoms with Gasteiger partial charge in [0.15, 0.2) is 0 Å². The van der Waals surface area contributed by atoms with E-state index in [4.69, 9.17) is 5.73 Å². The SMILES string of the molecule is Cc1cc(C(F)(C(F)(F)F)C(F)(F)F)cc(C)c1NC(=O)c1cccc([N+](=O)[O-])c1.NC(=O)c1ccccc1[N+](=O)[O-]. The van der Waals surface area contributed by atoms with Crippen molar-refractivity contribution in [1.29, 1.82) is 0 Å². The molecule has 3 rings (SSSR count). The smallest absolute Gasteiger partial charge is 0.365 e. The van der Waals surface area contributed by atoms with E-state index in [1.165, 1.54) is 36.4 Å². The van der Waals surface area contributed by atoms with Crippen molar-refractivity contribution in [3.05, 3.63) is 109 Å². The number of nitrogens with one attached hydrogen (secondary N) is 1. The Kier molecular flexibility index (Phi) is 9.61. The van der Waals surface area contributed by atoms with E-state index < -0.39 is 50.9 Å². The van der Waals surface area contributed by atoms with Crippen molar-refractivity contribution in [1.82, 2.24) is 0 Å². The number of hydrogen-bond donors (Lipinski definition) is 2. The quantitative estimate of drug-likeness (QED) is 0.187. The third kappa shape index (κ3) is 6.97. The number of nitro benzene ring substituents is 2. The van der Waals surface area contributed by atoms with Crippen molar-refractivity contribution in [2.75, 3.05) is 5.32 Å². The summed E-state index contributed by atoms with van der Waals surface area (Å²) in [6, 6.07) is 10.7. The first-order chi connectivity index (χ1) is 19.2. The van der Waals surface area contributed by atoms with Crippen LogP contribution in [0, 0.1) is 34.1 Å². The number of amides is 2. The van der Waals surface area contributed by atoms with Gasteiger partial charge in [-0.05, 0) is 37.1 Å². The second-order valence-electron chi connectivity index (χ2n) is 8.54. The number of nitrogens with zero attached hydrogens (tertiary/aromatic N) is 2. The zero-order chi connectivity index (χ0) is 32.2. The number of para-hydroxylation sites is 1. The zero-order valence-electron chi connectivity index (χ0n) is 21.3. The van der Waals surface area contributed by atoms with E-state index in [2.05, 4.69) is 5.32 Å². The highest BCUT2D eigenvalue weighted by Crippen LogP contribution is 2.53. The summed E-state index contributed by atoms with van der Waals surface area (Å²) >= 11 is 0. The van der Waals surface area contributed by atoms with Gasteiger partial charge in [-0.15, -0.1) is 0 Å². The van der Waals surface area contributed by atoms with Crippen LogP contribution in [0.1, 0.15) is 37.4 Å². The number of carbonyl (C=O) groups excluding carboxylic acids is 2. The predicted octanol–water partition coefficient (Wildman–Crippen LogP) is 6.45. The summed E-state index contributed by atoms with van der Waals surface area (Å²) in [7, 11) is 0. The van der Waals surface area contributed by atoms with E-state index in [9.17, 15) is 60.6 Å². The molecule has 0 bridgehead atoms. The Hall–Kier alpha value is -5.09. The molecular formula is C25H19F7N4O6. The van der Waals surface area contributed by atoms with Crippen LogP contribution in [-0.2, 0) is 5.67 Å². The number of nitrogens with two attached hydrogens (primary N) is 1. The Labute approximate surface area is 231 Å². The molecule has 0 atom stereocenters. The second-order valence-corrected chi connectivity index (χ2v) is 8.54. The highest BCUT2D eigenvalue weighted by atomic mass is 19.4. The van der Waals surface area contributed by atoms with Gasteiger partial charge in [0.1, 0.15) is 5.56 Å². The van der Waals surface area contributed by atoms with E-state index in [-0.39, 0.29) is 33.6 Å². The van der Waals surface area contributed by atoms with Crippen LogP contribution >= 0.6 is 0 Å². The van der Waals surface area contributed by atoms with Crippen LogP contribution in [-0.4, -0.2) is 34.0 Å². The summed E-state index contributed by atoms with van der Waals surface area (Å²) in [6.07, 6.45) is -12.5. The summed E-state index contributed by atoms with van der Waals surface area (Å²) < 4.78 is 92.1. The summed E-state index contributed by atoms with van der Waals surface area (Å²) in [5, 5.41) is 23.4. The minimum absolute atomic E-state index is 0.0671. The lowest BCUT2D eigenvalue weighted by molar-refractivity contribution is -0.385. The number of benzene rings is 3. The molecule has 0 aromatic heterocycles. The lowest BCUT2D eigenvalue weighted by Gasteiger charge is -2.31. The summed E-state index contributed by atoms with van der Waals surface area (Å²) in [4.78, 5) is 42.7. The van der Waals surface area contributed by atoms with E-state index in [1.54, 1.807) is 0 Å². The molecule has 3 aromatic carbocycles. The van der Waals surface area contributed by atoms with Crippen molar-refractivity contribution in [3.63, 3.8) is 0 Å². The molecule has 42 heavy (non-hydrogen) atoms. The Morgan fingerprint density at radius 3 is 1.74 bits per heavy atom. The molecular weight excluding hydrogens is 585 g/mol. The van der Waals surface area contributed by atoms with Crippen molar-refractivity contribution in [2.45, 2.75) is 31.9 Å². The first kappa shape index (κ1) is 33.1. The molecule has 0 radical (unpaired) electrons. The molecule has 0 heterocycles. The number of hydrogen-bond acceptors (Lipinski definition) is 6. The zero-order valence-corrected chi connectivity index (χ0v) is 21.3. The lowest BCUT2D eigenvalue weighted by atomic mass is 9.90. The number of nitro groups is 2. The fraction of sp³-hybridized carbons (Fsp3) is 0.200. The third-order valence-electron chi connectivity index (χ3n) is 5.64. The number of aryl methyl sites for hydroxylation is 2. The lowest BCUT2D eigenvalue weighted by Crippen LogP contribution is -2.50. The Balaban J connectivity index is 0.000000428. The van der Waals surface area contributed by atoms with Crippen molar-refractivity contribution in [3.8, 4) is 0 Å². The molecule has 10 nitrogen and oxygen atoms in total. The highest BCUT2D eigenvalue weighted by molar-refractivity contribution is 6.05. The Bertz CT molecular complexity index is 1470. The highest BCUT2D eigenvalue weighted by Gasteiger charge is 2.73. The van der Waals surface area contributed by atoms with Gasteiger partial charge in [0.05, 0.1) is 9.85 Å². The first-order valence-corrected chi connectivity index (χ1v) is 11.3. The van der Waals surface area contributed by atoms with E-state index in [0.29, 0.717) is 12.1 Å². The summed E-state index contributed by atoms with van der Waals surface area (Å²) in [6.45, 7) is 2.18. The number of alkyl halides is 7. The third-order valence-corrected chi connectivity index (χ3v) is 5.64. The first-order valence-electron chi connectivity index (χ1n) is 11.3. The summed E-state index contributed by atoms with van der Waals surface area (Å²) in [5.74, 6) is -1.68. The predicted molar refractivity (Wildman–Crippen MR) is 133 cm³/mol. The minimum Gasteiger partial charge on any atom is -0.365 e. The van der Waals surface area contributed by atoms with Crippen LogP contribution in [0.2, 0.25) is 0 Å². The van der Waals surface area contributed by atoms with Crippen LogP contribution in [0.3, 0.4) is 0 Å². The maximum Gasteiger partial charge on any atom is 0.435 e. The van der Waals surface area contributed by atoms with Crippen molar-refractivity contribution < 1.29 is 50.2 Å². The number of halogens is 7. The molecule has 2 amide bonds. The molecule has 0 aliphatic heterocycles. The molecule has 0 fully saturated rings.